The minimum absolute atomic E-state index is 0.0584. The van der Waals surface area contributed by atoms with Crippen molar-refractivity contribution in [3.63, 3.8) is 0 Å². The largest absolute Gasteiger partial charge is 0.508 e. The van der Waals surface area contributed by atoms with Crippen molar-refractivity contribution in [2.24, 2.45) is 0 Å². The third kappa shape index (κ3) is 2.73. The van der Waals surface area contributed by atoms with Crippen LogP contribution in [0.1, 0.15) is 5.56 Å². The Balaban J connectivity index is 2.37. The van der Waals surface area contributed by atoms with Gasteiger partial charge in [-0.05, 0) is 12.1 Å². The van der Waals surface area contributed by atoms with E-state index >= 15 is 0 Å². The lowest BCUT2D eigenvalue weighted by Crippen LogP contribution is -2.10. The summed E-state index contributed by atoms with van der Waals surface area (Å²) < 4.78 is 65.7. The predicted molar refractivity (Wildman–Crippen MR) is 66.7 cm³/mol. The second kappa shape index (κ2) is 5.77. The molecule has 21 heavy (non-hydrogen) atoms. The van der Waals surface area contributed by atoms with Crippen LogP contribution < -0.4 is 5.32 Å². The van der Waals surface area contributed by atoms with Crippen LogP contribution >= 0.6 is 11.6 Å². The van der Waals surface area contributed by atoms with E-state index in [2.05, 4.69) is 0 Å². The molecular formula is C13H7ClF5NO. The maximum Gasteiger partial charge on any atom is 0.200 e. The molecule has 0 fully saturated rings. The zero-order valence-corrected chi connectivity index (χ0v) is 10.9. The van der Waals surface area contributed by atoms with Crippen LogP contribution in [0, 0.1) is 29.1 Å². The van der Waals surface area contributed by atoms with Gasteiger partial charge in [-0.2, -0.15) is 0 Å². The molecule has 0 heterocycles. The summed E-state index contributed by atoms with van der Waals surface area (Å²) in [6.07, 6.45) is 0. The van der Waals surface area contributed by atoms with E-state index in [1.54, 1.807) is 0 Å². The molecule has 2 aromatic carbocycles. The fourth-order valence-corrected chi connectivity index (χ4v) is 1.90. The number of hydrogen-bond donors (Lipinski definition) is 2. The van der Waals surface area contributed by atoms with Gasteiger partial charge in [0, 0.05) is 17.1 Å². The molecule has 8 heteroatoms. The van der Waals surface area contributed by atoms with E-state index in [0.717, 1.165) is 0 Å². The van der Waals surface area contributed by atoms with E-state index in [1.165, 1.54) is 18.2 Å². The molecule has 0 aromatic heterocycles. The Morgan fingerprint density at radius 2 is 1.43 bits per heavy atom. The van der Waals surface area contributed by atoms with E-state index in [9.17, 15) is 27.1 Å². The number of halogens is 6. The first-order chi connectivity index (χ1) is 9.84. The Labute approximate surface area is 120 Å². The van der Waals surface area contributed by atoms with Crippen molar-refractivity contribution in [2.75, 3.05) is 5.32 Å². The Hall–Kier alpha value is -2.02. The molecule has 2 rings (SSSR count). The van der Waals surface area contributed by atoms with Gasteiger partial charge in [-0.25, -0.2) is 22.0 Å². The maximum atomic E-state index is 13.4. The smallest absolute Gasteiger partial charge is 0.200 e. The van der Waals surface area contributed by atoms with Gasteiger partial charge in [-0.3, -0.25) is 0 Å². The van der Waals surface area contributed by atoms with E-state index in [0.29, 0.717) is 0 Å². The molecule has 0 aliphatic heterocycles. The SMILES string of the molecule is Oc1cccc(Cl)c1CNc1c(F)c(F)c(F)c(F)c1F. The maximum absolute atomic E-state index is 13.4. The molecule has 0 saturated heterocycles. The molecule has 112 valence electrons. The van der Waals surface area contributed by atoms with Crippen LogP contribution in [0.4, 0.5) is 27.6 Å². The summed E-state index contributed by atoms with van der Waals surface area (Å²) in [4.78, 5) is 0. The summed E-state index contributed by atoms with van der Waals surface area (Å²) in [6.45, 7) is -0.427. The fourth-order valence-electron chi connectivity index (χ4n) is 1.66. The van der Waals surface area contributed by atoms with Crippen molar-refractivity contribution in [2.45, 2.75) is 6.54 Å². The molecule has 0 aliphatic carbocycles. The number of hydrogen-bond acceptors (Lipinski definition) is 2. The monoisotopic (exact) mass is 323 g/mol. The lowest BCUT2D eigenvalue weighted by atomic mass is 10.2. The molecular weight excluding hydrogens is 317 g/mol. The van der Waals surface area contributed by atoms with Gasteiger partial charge in [0.2, 0.25) is 5.82 Å². The third-order valence-corrected chi connectivity index (χ3v) is 3.10. The standard InChI is InChI=1S/C13H7ClF5NO/c14-6-2-1-3-7(21)5(6)4-20-13-11(18)9(16)8(15)10(17)12(13)19/h1-3,20-21H,4H2. The van der Waals surface area contributed by atoms with Crippen LogP contribution in [-0.4, -0.2) is 5.11 Å². The van der Waals surface area contributed by atoms with Crippen molar-refractivity contribution in [3.05, 3.63) is 57.9 Å². The third-order valence-electron chi connectivity index (χ3n) is 2.75. The Morgan fingerprint density at radius 3 is 1.95 bits per heavy atom. The molecule has 2 N–H and O–H groups in total. The van der Waals surface area contributed by atoms with Crippen LogP contribution in [0.3, 0.4) is 0 Å². The molecule has 0 bridgehead atoms. The van der Waals surface area contributed by atoms with Crippen LogP contribution in [-0.2, 0) is 6.54 Å². The summed E-state index contributed by atoms with van der Waals surface area (Å²) in [5, 5.41) is 11.7. The highest BCUT2D eigenvalue weighted by atomic mass is 35.5. The molecule has 0 atom stereocenters. The Kier molecular flexibility index (Phi) is 4.22. The number of aromatic hydroxyl groups is 1. The van der Waals surface area contributed by atoms with E-state index in [1.807, 2.05) is 5.32 Å². The molecule has 0 aliphatic rings. The van der Waals surface area contributed by atoms with Gasteiger partial charge < -0.3 is 10.4 Å². The van der Waals surface area contributed by atoms with Gasteiger partial charge in [0.05, 0.1) is 0 Å². The minimum atomic E-state index is -2.24. The average Bonchev–Trinajstić information content (AvgIpc) is 2.45. The molecule has 0 radical (unpaired) electrons. The Bertz CT molecular complexity index is 658. The molecule has 0 amide bonds. The lowest BCUT2D eigenvalue weighted by Gasteiger charge is -2.12. The van der Waals surface area contributed by atoms with E-state index in [4.69, 9.17) is 11.6 Å². The summed E-state index contributed by atoms with van der Waals surface area (Å²) in [5.41, 5.74) is -1.13. The minimum Gasteiger partial charge on any atom is -0.508 e. The van der Waals surface area contributed by atoms with E-state index in [-0.39, 0.29) is 16.3 Å². The van der Waals surface area contributed by atoms with Crippen molar-refractivity contribution in [1.29, 1.82) is 0 Å². The zero-order chi connectivity index (χ0) is 15.7. The van der Waals surface area contributed by atoms with E-state index < -0.39 is 41.3 Å². The second-order valence-corrected chi connectivity index (χ2v) is 4.44. The first kappa shape index (κ1) is 15.4. The van der Waals surface area contributed by atoms with Gasteiger partial charge in [0.25, 0.3) is 0 Å². The number of benzene rings is 2. The number of phenolic OH excluding ortho intramolecular Hbond substituents is 1. The molecule has 2 aromatic rings. The normalized spacial score (nSPS) is 10.8. The number of nitrogens with one attached hydrogen (secondary N) is 1. The summed E-state index contributed by atoms with van der Waals surface area (Å²) in [6, 6.07) is 4.10. The summed E-state index contributed by atoms with van der Waals surface area (Å²) >= 11 is 5.77. The van der Waals surface area contributed by atoms with Crippen LogP contribution in [0.2, 0.25) is 5.02 Å². The quantitative estimate of drug-likeness (QED) is 0.500. The molecule has 0 spiro atoms. The molecule has 0 unspecified atom stereocenters. The average molecular weight is 324 g/mol. The van der Waals surface area contributed by atoms with Crippen LogP contribution in [0.25, 0.3) is 0 Å². The highest BCUT2D eigenvalue weighted by molar-refractivity contribution is 6.31. The lowest BCUT2D eigenvalue weighted by molar-refractivity contribution is 0.381. The highest BCUT2D eigenvalue weighted by Crippen LogP contribution is 2.30. The van der Waals surface area contributed by atoms with Gasteiger partial charge in [0.15, 0.2) is 23.3 Å². The number of phenols is 1. The highest BCUT2D eigenvalue weighted by Gasteiger charge is 2.25. The fraction of sp³-hybridized carbons (Fsp3) is 0.0769. The van der Waals surface area contributed by atoms with Crippen molar-refractivity contribution < 1.29 is 27.1 Å². The van der Waals surface area contributed by atoms with Crippen LogP contribution in [0.15, 0.2) is 18.2 Å². The Morgan fingerprint density at radius 1 is 0.905 bits per heavy atom. The predicted octanol–water partition coefficient (Wildman–Crippen LogP) is 4.35. The topological polar surface area (TPSA) is 32.3 Å². The van der Waals surface area contributed by atoms with Crippen molar-refractivity contribution in [3.8, 4) is 5.75 Å². The first-order valence-electron chi connectivity index (χ1n) is 5.56. The van der Waals surface area contributed by atoms with Gasteiger partial charge in [0.1, 0.15) is 11.4 Å². The number of anilines is 1. The second-order valence-electron chi connectivity index (χ2n) is 4.04. The van der Waals surface area contributed by atoms with Gasteiger partial charge in [-0.1, -0.05) is 17.7 Å². The van der Waals surface area contributed by atoms with Gasteiger partial charge in [-0.15, -0.1) is 0 Å². The van der Waals surface area contributed by atoms with Crippen molar-refractivity contribution in [1.82, 2.24) is 0 Å². The zero-order valence-electron chi connectivity index (χ0n) is 10.2. The first-order valence-corrected chi connectivity index (χ1v) is 5.94. The molecule has 0 saturated carbocycles. The summed E-state index contributed by atoms with van der Waals surface area (Å²) in [7, 11) is 0. The van der Waals surface area contributed by atoms with Crippen LogP contribution in [0.5, 0.6) is 5.75 Å². The summed E-state index contributed by atoms with van der Waals surface area (Å²) in [5.74, 6) is -10.6. The number of rotatable bonds is 3. The van der Waals surface area contributed by atoms with Gasteiger partial charge >= 0.3 is 0 Å². The molecule has 2 nitrogen and oxygen atoms in total. The van der Waals surface area contributed by atoms with Crippen molar-refractivity contribution >= 4 is 17.3 Å².